The monoisotopic (exact) mass is 446 g/mol. The first-order valence-corrected chi connectivity index (χ1v) is 10.1. The van der Waals surface area contributed by atoms with Gasteiger partial charge in [-0.2, -0.15) is 0 Å². The zero-order chi connectivity index (χ0) is 19.7. The molecule has 2 aliphatic heterocycles. The molecule has 28 heavy (non-hydrogen) atoms. The molecule has 2 aromatic rings. The van der Waals surface area contributed by atoms with Crippen LogP contribution in [0.3, 0.4) is 0 Å². The molecule has 0 aliphatic carbocycles. The molecule has 0 saturated carbocycles. The van der Waals surface area contributed by atoms with Crippen molar-refractivity contribution in [1.82, 2.24) is 4.90 Å². The van der Waals surface area contributed by atoms with E-state index in [0.717, 1.165) is 35.2 Å². The summed E-state index contributed by atoms with van der Waals surface area (Å²) in [5.74, 6) is 1.24. The summed E-state index contributed by atoms with van der Waals surface area (Å²) in [5.41, 5.74) is 2.40. The number of nitrogens with one attached hydrogen (secondary N) is 1. The topological polar surface area (TPSA) is 60.0 Å². The lowest BCUT2D eigenvalue weighted by molar-refractivity contribution is 0.0426. The summed E-state index contributed by atoms with van der Waals surface area (Å²) in [6, 6.07) is 11.4. The van der Waals surface area contributed by atoms with E-state index < -0.39 is 0 Å². The molecule has 0 aromatic heterocycles. The van der Waals surface area contributed by atoms with Crippen molar-refractivity contribution in [2.75, 3.05) is 32.7 Å². The number of halogens is 1. The molecular formula is C21H23BrN2O4. The van der Waals surface area contributed by atoms with E-state index in [-0.39, 0.29) is 18.2 Å². The molecule has 148 valence electrons. The Labute approximate surface area is 172 Å². The van der Waals surface area contributed by atoms with Crippen LogP contribution in [0, 0.1) is 0 Å². The fourth-order valence-electron chi connectivity index (χ4n) is 3.81. The van der Waals surface area contributed by atoms with E-state index in [1.54, 1.807) is 14.2 Å². The molecule has 0 bridgehead atoms. The molecule has 1 N–H and O–H groups in total. The van der Waals surface area contributed by atoms with Gasteiger partial charge in [0, 0.05) is 28.9 Å². The van der Waals surface area contributed by atoms with E-state index in [4.69, 9.17) is 14.2 Å². The van der Waals surface area contributed by atoms with Crippen LogP contribution >= 0.6 is 15.9 Å². The maximum atomic E-state index is 13.3. The number of ether oxygens (including phenoxy) is 3. The van der Waals surface area contributed by atoms with Gasteiger partial charge in [-0.25, -0.2) is 0 Å². The average Bonchev–Trinajstić information content (AvgIpc) is 3.23. The molecule has 6 nitrogen and oxygen atoms in total. The lowest BCUT2D eigenvalue weighted by Crippen LogP contribution is -2.46. The second kappa shape index (κ2) is 8.01. The summed E-state index contributed by atoms with van der Waals surface area (Å²) < 4.78 is 17.5. The van der Waals surface area contributed by atoms with Crippen LogP contribution in [-0.4, -0.2) is 44.3 Å². The van der Waals surface area contributed by atoms with Gasteiger partial charge in [0.05, 0.1) is 25.9 Å². The van der Waals surface area contributed by atoms with E-state index in [9.17, 15) is 4.79 Å². The van der Waals surface area contributed by atoms with Crippen LogP contribution in [0.15, 0.2) is 40.9 Å². The van der Waals surface area contributed by atoms with E-state index in [0.29, 0.717) is 23.6 Å². The molecule has 0 unspecified atom stereocenters. The molecule has 2 heterocycles. The van der Waals surface area contributed by atoms with Crippen LogP contribution in [0.4, 0.5) is 5.69 Å². The molecule has 1 saturated heterocycles. The van der Waals surface area contributed by atoms with Crippen molar-refractivity contribution in [2.24, 2.45) is 0 Å². The smallest absolute Gasteiger partial charge is 0.257 e. The van der Waals surface area contributed by atoms with Gasteiger partial charge in [0.2, 0.25) is 0 Å². The number of carbonyl (C=O) groups excluding carboxylic acids is 1. The van der Waals surface area contributed by atoms with Crippen molar-refractivity contribution >= 4 is 27.5 Å². The predicted octanol–water partition coefficient (Wildman–Crippen LogP) is 4.21. The van der Waals surface area contributed by atoms with Crippen molar-refractivity contribution in [3.8, 4) is 11.5 Å². The maximum absolute atomic E-state index is 13.3. The first kappa shape index (κ1) is 19.1. The maximum Gasteiger partial charge on any atom is 0.257 e. The Balaban J connectivity index is 1.77. The molecule has 2 aliphatic rings. The molecular weight excluding hydrogens is 424 g/mol. The third-order valence-electron chi connectivity index (χ3n) is 5.24. The van der Waals surface area contributed by atoms with E-state index in [2.05, 4.69) is 21.2 Å². The van der Waals surface area contributed by atoms with Gasteiger partial charge in [0.1, 0.15) is 6.17 Å². The zero-order valence-corrected chi connectivity index (χ0v) is 17.5. The number of para-hydroxylation sites is 1. The predicted molar refractivity (Wildman–Crippen MR) is 110 cm³/mol. The number of hydrogen-bond acceptors (Lipinski definition) is 5. The van der Waals surface area contributed by atoms with Crippen molar-refractivity contribution in [3.63, 3.8) is 0 Å². The summed E-state index contributed by atoms with van der Waals surface area (Å²) in [6.07, 6.45) is 1.70. The second-order valence-electron chi connectivity index (χ2n) is 6.91. The number of anilines is 1. The number of rotatable bonds is 5. The van der Waals surface area contributed by atoms with Crippen LogP contribution in [0.1, 0.15) is 34.9 Å². The SMILES string of the molecule is COc1cc(Br)c([C@H]2Nc3ccccc3C(=O)N2C[C@@H]2CCCO2)cc1OC. The Morgan fingerprint density at radius 1 is 1.21 bits per heavy atom. The lowest BCUT2D eigenvalue weighted by atomic mass is 10.0. The summed E-state index contributed by atoms with van der Waals surface area (Å²) in [5, 5.41) is 3.52. The molecule has 0 radical (unpaired) electrons. The largest absolute Gasteiger partial charge is 0.493 e. The molecule has 1 fully saturated rings. The van der Waals surface area contributed by atoms with Gasteiger partial charge in [0.15, 0.2) is 11.5 Å². The number of benzene rings is 2. The van der Waals surface area contributed by atoms with Crippen LogP contribution in [0.25, 0.3) is 0 Å². The minimum Gasteiger partial charge on any atom is -0.493 e. The van der Waals surface area contributed by atoms with E-state index >= 15 is 0 Å². The first-order chi connectivity index (χ1) is 13.6. The highest BCUT2D eigenvalue weighted by Crippen LogP contribution is 2.41. The third kappa shape index (κ3) is 3.44. The van der Waals surface area contributed by atoms with Crippen molar-refractivity contribution in [2.45, 2.75) is 25.1 Å². The Morgan fingerprint density at radius 3 is 2.68 bits per heavy atom. The van der Waals surface area contributed by atoms with Gasteiger partial charge in [0.25, 0.3) is 5.91 Å². The Hall–Kier alpha value is -2.25. The standard InChI is InChI=1S/C21H23BrN2O4/c1-26-18-10-15(16(22)11-19(18)27-2)20-23-17-8-4-3-7-14(17)21(25)24(20)12-13-6-5-9-28-13/h3-4,7-8,10-11,13,20,23H,5-6,9,12H2,1-2H3/t13-,20-/m0/s1. The van der Waals surface area contributed by atoms with Crippen molar-refractivity contribution in [1.29, 1.82) is 0 Å². The highest BCUT2D eigenvalue weighted by Gasteiger charge is 2.36. The summed E-state index contributed by atoms with van der Waals surface area (Å²) in [6.45, 7) is 1.28. The third-order valence-corrected chi connectivity index (χ3v) is 5.93. The molecule has 2 atom stereocenters. The van der Waals surface area contributed by atoms with Crippen molar-refractivity contribution < 1.29 is 19.0 Å². The average molecular weight is 447 g/mol. The van der Waals surface area contributed by atoms with Gasteiger partial charge in [-0.1, -0.05) is 28.1 Å². The minimum absolute atomic E-state index is 0.00321. The molecule has 1 amide bonds. The van der Waals surface area contributed by atoms with Crippen LogP contribution in [0.5, 0.6) is 11.5 Å². The number of hydrogen-bond donors (Lipinski definition) is 1. The zero-order valence-electron chi connectivity index (χ0n) is 15.9. The second-order valence-corrected chi connectivity index (χ2v) is 7.77. The van der Waals surface area contributed by atoms with Crippen molar-refractivity contribution in [3.05, 3.63) is 52.0 Å². The van der Waals surface area contributed by atoms with Crippen LogP contribution in [-0.2, 0) is 4.74 Å². The lowest BCUT2D eigenvalue weighted by Gasteiger charge is -2.39. The van der Waals surface area contributed by atoms with Crippen LogP contribution < -0.4 is 14.8 Å². The van der Waals surface area contributed by atoms with Crippen LogP contribution in [0.2, 0.25) is 0 Å². The summed E-state index contributed by atoms with van der Waals surface area (Å²) >= 11 is 3.64. The molecule has 0 spiro atoms. The van der Waals surface area contributed by atoms with Gasteiger partial charge in [-0.15, -0.1) is 0 Å². The highest BCUT2D eigenvalue weighted by molar-refractivity contribution is 9.10. The number of methoxy groups -OCH3 is 2. The summed E-state index contributed by atoms with van der Waals surface area (Å²) in [7, 11) is 3.21. The molecule has 7 heteroatoms. The number of fused-ring (bicyclic) bond motifs is 1. The van der Waals surface area contributed by atoms with Gasteiger partial charge >= 0.3 is 0 Å². The number of carbonyl (C=O) groups is 1. The van der Waals surface area contributed by atoms with Gasteiger partial charge in [-0.05, 0) is 37.1 Å². The van der Waals surface area contributed by atoms with Gasteiger partial charge in [-0.3, -0.25) is 4.79 Å². The highest BCUT2D eigenvalue weighted by atomic mass is 79.9. The van der Waals surface area contributed by atoms with E-state index in [1.807, 2.05) is 41.3 Å². The number of nitrogens with zero attached hydrogens (tertiary/aromatic N) is 1. The van der Waals surface area contributed by atoms with E-state index in [1.165, 1.54) is 0 Å². The molecule has 4 rings (SSSR count). The summed E-state index contributed by atoms with van der Waals surface area (Å²) in [4.78, 5) is 15.2. The Kier molecular flexibility index (Phi) is 5.46. The quantitative estimate of drug-likeness (QED) is 0.744. The fraction of sp³-hybridized carbons (Fsp3) is 0.381. The fourth-order valence-corrected chi connectivity index (χ4v) is 4.35. The first-order valence-electron chi connectivity index (χ1n) is 9.32. The number of amides is 1. The normalized spacial score (nSPS) is 21.2. The Morgan fingerprint density at radius 2 is 1.96 bits per heavy atom. The minimum atomic E-state index is -0.346. The van der Waals surface area contributed by atoms with Gasteiger partial charge < -0.3 is 24.4 Å². The Bertz CT molecular complexity index is 883. The molecule has 2 aromatic carbocycles.